The van der Waals surface area contributed by atoms with Crippen molar-refractivity contribution in [1.29, 1.82) is 0 Å². The number of likely N-dealkylation sites (tertiary alicyclic amines) is 1. The van der Waals surface area contributed by atoms with Crippen LogP contribution in [-0.4, -0.2) is 69.6 Å². The third-order valence-corrected chi connectivity index (χ3v) is 7.21. The summed E-state index contributed by atoms with van der Waals surface area (Å²) in [6.45, 7) is 6.94. The Morgan fingerprint density at radius 1 is 1.15 bits per heavy atom. The predicted molar refractivity (Wildman–Crippen MR) is 136 cm³/mol. The van der Waals surface area contributed by atoms with Crippen LogP contribution in [0.4, 0.5) is 4.79 Å². The normalized spacial score (nSPS) is 23.1. The van der Waals surface area contributed by atoms with Gasteiger partial charge in [-0.05, 0) is 57.0 Å². The van der Waals surface area contributed by atoms with Crippen LogP contribution in [0.1, 0.15) is 51.2 Å². The van der Waals surface area contributed by atoms with Crippen LogP contribution in [0.15, 0.2) is 30.0 Å². The second-order valence-electron chi connectivity index (χ2n) is 10.9. The van der Waals surface area contributed by atoms with Crippen LogP contribution in [0.25, 0.3) is 0 Å². The Labute approximate surface area is 230 Å². The summed E-state index contributed by atoms with van der Waals surface area (Å²) in [6, 6.07) is 5.22. The summed E-state index contributed by atoms with van der Waals surface area (Å²) in [4.78, 5) is 84.1. The van der Waals surface area contributed by atoms with Crippen molar-refractivity contribution in [3.05, 3.63) is 46.1 Å². The van der Waals surface area contributed by atoms with Crippen LogP contribution in [0.5, 0.6) is 0 Å². The maximum atomic E-state index is 13.8. The van der Waals surface area contributed by atoms with Gasteiger partial charge in [0.15, 0.2) is 0 Å². The van der Waals surface area contributed by atoms with Gasteiger partial charge >= 0.3 is 12.1 Å². The third-order valence-electron chi connectivity index (χ3n) is 6.98. The summed E-state index contributed by atoms with van der Waals surface area (Å²) in [7, 11) is 0. The molecule has 0 N–H and O–H groups in total. The molecule has 1 aromatic rings. The summed E-state index contributed by atoms with van der Waals surface area (Å²) in [5.41, 5.74) is -0.406. The standard InChI is InChI=1S/C27H30ClN3O8/c1-16-11-18(28)6-5-17(16)13-30-20-9-10-29(25(37)38-26(2,3)4)14-27(20,15-32)19(24(30)36)12-23(35)39-31-21(33)7-8-22(31)34/h5-6,9,11,15,19H,7-8,10,12-14H2,1-4H3/t19-,27-/m1/s1. The van der Waals surface area contributed by atoms with Gasteiger partial charge in [0, 0.05) is 36.7 Å². The molecule has 0 saturated carbocycles. The number of amides is 4. The quantitative estimate of drug-likeness (QED) is 0.384. The highest BCUT2D eigenvalue weighted by atomic mass is 35.5. The van der Waals surface area contributed by atoms with E-state index in [-0.39, 0.29) is 32.5 Å². The van der Waals surface area contributed by atoms with Gasteiger partial charge in [-0.25, -0.2) is 9.59 Å². The Morgan fingerprint density at radius 2 is 1.82 bits per heavy atom. The van der Waals surface area contributed by atoms with Gasteiger partial charge in [0.05, 0.1) is 24.3 Å². The van der Waals surface area contributed by atoms with E-state index in [1.807, 2.05) is 6.92 Å². The maximum absolute atomic E-state index is 13.8. The number of carbonyl (C=O) groups excluding carboxylic acids is 6. The Hall–Kier alpha value is -3.73. The van der Waals surface area contributed by atoms with Gasteiger partial charge in [-0.2, -0.15) is 0 Å². The molecule has 4 rings (SSSR count). The Kier molecular flexibility index (Phi) is 7.57. The number of nitrogens with zero attached hydrogens (tertiary/aromatic N) is 3. The fourth-order valence-corrected chi connectivity index (χ4v) is 5.30. The lowest BCUT2D eigenvalue weighted by atomic mass is 9.73. The van der Waals surface area contributed by atoms with Gasteiger partial charge in [0.2, 0.25) is 5.91 Å². The van der Waals surface area contributed by atoms with Crippen molar-refractivity contribution < 1.29 is 38.3 Å². The van der Waals surface area contributed by atoms with E-state index >= 15 is 0 Å². The zero-order valence-electron chi connectivity index (χ0n) is 22.2. The molecule has 39 heavy (non-hydrogen) atoms. The van der Waals surface area contributed by atoms with Crippen molar-refractivity contribution in [2.75, 3.05) is 13.1 Å². The number of hydrogen-bond acceptors (Lipinski definition) is 8. The molecule has 208 valence electrons. The van der Waals surface area contributed by atoms with E-state index in [1.165, 1.54) is 9.80 Å². The molecule has 2 atom stereocenters. The maximum Gasteiger partial charge on any atom is 0.410 e. The number of rotatable bonds is 6. The molecule has 11 nitrogen and oxygen atoms in total. The molecule has 0 radical (unpaired) electrons. The van der Waals surface area contributed by atoms with Gasteiger partial charge in [0.25, 0.3) is 11.8 Å². The van der Waals surface area contributed by atoms with Gasteiger partial charge in [-0.3, -0.25) is 14.4 Å². The minimum atomic E-state index is -1.58. The number of imide groups is 1. The first-order valence-corrected chi connectivity index (χ1v) is 12.9. The Balaban J connectivity index is 1.68. The van der Waals surface area contributed by atoms with E-state index in [1.54, 1.807) is 45.0 Å². The topological polar surface area (TPSA) is 131 Å². The Bertz CT molecular complexity index is 1270. The van der Waals surface area contributed by atoms with Crippen LogP contribution in [0.3, 0.4) is 0 Å². The largest absolute Gasteiger partial charge is 0.444 e. The number of halogens is 1. The molecule has 12 heteroatoms. The number of ether oxygens (including phenoxy) is 1. The van der Waals surface area contributed by atoms with Crippen LogP contribution >= 0.6 is 11.6 Å². The molecular weight excluding hydrogens is 530 g/mol. The molecule has 0 aromatic heterocycles. The average molecular weight is 560 g/mol. The fraction of sp³-hybridized carbons (Fsp3) is 0.481. The molecule has 0 spiro atoms. The van der Waals surface area contributed by atoms with Crippen molar-refractivity contribution >= 4 is 47.7 Å². The number of aryl methyl sites for hydroxylation is 1. The zero-order chi connectivity index (χ0) is 28.7. The Morgan fingerprint density at radius 3 is 2.41 bits per heavy atom. The smallest absolute Gasteiger partial charge is 0.410 e. The number of hydrogen-bond donors (Lipinski definition) is 0. The van der Waals surface area contributed by atoms with E-state index in [0.717, 1.165) is 11.1 Å². The summed E-state index contributed by atoms with van der Waals surface area (Å²) in [6.07, 6.45) is 0.755. The summed E-state index contributed by atoms with van der Waals surface area (Å²) < 4.78 is 5.48. The van der Waals surface area contributed by atoms with Gasteiger partial charge in [-0.1, -0.05) is 17.7 Å². The molecule has 0 aliphatic carbocycles. The summed E-state index contributed by atoms with van der Waals surface area (Å²) in [5, 5.41) is 0.928. The van der Waals surface area contributed by atoms with Crippen molar-refractivity contribution in [3.63, 3.8) is 0 Å². The van der Waals surface area contributed by atoms with E-state index in [0.29, 0.717) is 22.1 Å². The summed E-state index contributed by atoms with van der Waals surface area (Å²) >= 11 is 6.09. The lowest BCUT2D eigenvalue weighted by Gasteiger charge is -2.39. The van der Waals surface area contributed by atoms with Crippen molar-refractivity contribution in [2.24, 2.45) is 11.3 Å². The number of aldehydes is 1. The minimum absolute atomic E-state index is 0.0805. The molecule has 3 heterocycles. The highest BCUT2D eigenvalue weighted by Gasteiger charge is 2.59. The third kappa shape index (κ3) is 5.54. The van der Waals surface area contributed by atoms with Gasteiger partial charge in [0.1, 0.15) is 11.9 Å². The molecule has 4 amide bonds. The first kappa shape index (κ1) is 28.3. The first-order chi connectivity index (χ1) is 18.3. The number of fused-ring (bicyclic) bond motifs is 1. The fourth-order valence-electron chi connectivity index (χ4n) is 5.07. The van der Waals surface area contributed by atoms with Crippen molar-refractivity contribution in [2.45, 2.75) is 59.1 Å². The van der Waals surface area contributed by atoms with E-state index in [2.05, 4.69) is 0 Å². The molecule has 2 fully saturated rings. The molecule has 3 aliphatic heterocycles. The molecule has 1 aromatic carbocycles. The molecule has 0 unspecified atom stereocenters. The second kappa shape index (κ2) is 10.4. The predicted octanol–water partition coefficient (Wildman–Crippen LogP) is 2.92. The van der Waals surface area contributed by atoms with Crippen LogP contribution in [-0.2, 0) is 40.1 Å². The lowest BCUT2D eigenvalue weighted by molar-refractivity contribution is -0.198. The van der Waals surface area contributed by atoms with E-state index < -0.39 is 53.1 Å². The average Bonchev–Trinajstić information content (AvgIpc) is 3.28. The van der Waals surface area contributed by atoms with Gasteiger partial charge in [-0.15, -0.1) is 5.06 Å². The zero-order valence-corrected chi connectivity index (χ0v) is 22.9. The molecule has 2 saturated heterocycles. The van der Waals surface area contributed by atoms with E-state index in [4.69, 9.17) is 21.2 Å². The molecule has 3 aliphatic rings. The lowest BCUT2D eigenvalue weighted by Crippen LogP contribution is -2.50. The van der Waals surface area contributed by atoms with Crippen LogP contribution in [0.2, 0.25) is 5.02 Å². The van der Waals surface area contributed by atoms with Crippen LogP contribution in [0, 0.1) is 18.3 Å². The highest BCUT2D eigenvalue weighted by molar-refractivity contribution is 6.30. The highest BCUT2D eigenvalue weighted by Crippen LogP contribution is 2.49. The first-order valence-electron chi connectivity index (χ1n) is 12.5. The van der Waals surface area contributed by atoms with Gasteiger partial charge < -0.3 is 24.2 Å². The molecular formula is C27H30ClN3O8. The molecule has 0 bridgehead atoms. The SMILES string of the molecule is Cc1cc(Cl)ccc1CN1C(=O)[C@@H](CC(=O)ON2C(=O)CCC2=O)[C@]2(C=O)CN(C(=O)OC(C)(C)C)CC=C12. The monoisotopic (exact) mass is 559 g/mol. The van der Waals surface area contributed by atoms with E-state index in [9.17, 15) is 28.8 Å². The van der Waals surface area contributed by atoms with Crippen molar-refractivity contribution in [3.8, 4) is 0 Å². The number of hydroxylamine groups is 2. The number of benzene rings is 1. The minimum Gasteiger partial charge on any atom is -0.444 e. The second-order valence-corrected chi connectivity index (χ2v) is 11.3. The number of carbonyl (C=O) groups is 6. The summed E-state index contributed by atoms with van der Waals surface area (Å²) in [5.74, 6) is -4.11. The van der Waals surface area contributed by atoms with Crippen LogP contribution < -0.4 is 0 Å². The van der Waals surface area contributed by atoms with Crippen molar-refractivity contribution in [1.82, 2.24) is 14.9 Å².